The minimum absolute atomic E-state index is 0. The molecule has 1 aromatic heterocycles. The number of hydrogen-bond acceptors (Lipinski definition) is 9. The maximum Gasteiger partial charge on any atom is 0.303 e. The lowest BCUT2D eigenvalue weighted by Crippen LogP contribution is -2.30. The van der Waals surface area contributed by atoms with Crippen LogP contribution in [-0.4, -0.2) is 66.6 Å². The van der Waals surface area contributed by atoms with E-state index < -0.39 is 17.2 Å². The number of fused-ring (bicyclic) bond motifs is 1. The number of nitrogens with zero attached hydrogens (tertiary/aromatic N) is 2. The topological polar surface area (TPSA) is 131 Å². The molecule has 0 atom stereocenters. The van der Waals surface area contributed by atoms with E-state index in [0.29, 0.717) is 55.1 Å². The Morgan fingerprint density at radius 3 is 2.41 bits per heavy atom. The minimum atomic E-state index is -0.854. The highest BCUT2D eigenvalue weighted by Gasteiger charge is 2.33. The molecule has 0 amide bonds. The second kappa shape index (κ2) is 16.2. The lowest BCUT2D eigenvalue weighted by atomic mass is 9.84. The second-order valence-corrected chi connectivity index (χ2v) is 12.7. The third-order valence-electron chi connectivity index (χ3n) is 7.43. The van der Waals surface area contributed by atoms with Crippen LogP contribution in [0.2, 0.25) is 0 Å². The Labute approximate surface area is 283 Å². The molecule has 0 unspecified atom stereocenters. The number of hydrogen-bond donors (Lipinski definition) is 2. The van der Waals surface area contributed by atoms with Crippen LogP contribution in [-0.2, 0) is 23.2 Å². The van der Waals surface area contributed by atoms with Crippen LogP contribution in [0.1, 0.15) is 78.5 Å². The Bertz CT molecular complexity index is 1540. The van der Waals surface area contributed by atoms with Gasteiger partial charge in [0.25, 0.3) is 0 Å². The molecule has 0 saturated heterocycles. The molecule has 0 saturated carbocycles. The number of Topliss-reactive ketones (excluding diaryl/α,β-unsaturated/α-hetero) is 1. The minimum Gasteiger partial charge on any atom is -0.493 e. The van der Waals surface area contributed by atoms with Crippen LogP contribution in [0, 0.1) is 11.2 Å². The van der Waals surface area contributed by atoms with Crippen LogP contribution in [0.5, 0.6) is 23.0 Å². The van der Waals surface area contributed by atoms with Crippen molar-refractivity contribution in [2.45, 2.75) is 64.8 Å². The van der Waals surface area contributed by atoms with Crippen molar-refractivity contribution in [2.75, 3.05) is 34.0 Å². The Balaban J connectivity index is 0.00000576. The van der Waals surface area contributed by atoms with Gasteiger partial charge in [0.2, 0.25) is 0 Å². The molecule has 0 aliphatic carbocycles. The smallest absolute Gasteiger partial charge is 0.303 e. The van der Waals surface area contributed by atoms with Gasteiger partial charge in [-0.05, 0) is 48.4 Å². The van der Waals surface area contributed by atoms with Gasteiger partial charge in [0.05, 0.1) is 44.5 Å². The zero-order valence-electron chi connectivity index (χ0n) is 26.7. The molecule has 2 N–H and O–H groups in total. The average Bonchev–Trinajstić information content (AvgIpc) is 3.62. The average molecular weight is 723 g/mol. The predicted octanol–water partition coefficient (Wildman–Crippen LogP) is 6.84. The Kier molecular flexibility index (Phi) is 13.0. The van der Waals surface area contributed by atoms with E-state index in [1.54, 1.807) is 35.7 Å². The summed E-state index contributed by atoms with van der Waals surface area (Å²) >= 11 is 1.58. The molecule has 46 heavy (non-hydrogen) atoms. The number of unbranched alkanes of at least 4 members (excludes halogenated alkanes) is 1. The van der Waals surface area contributed by atoms with Crippen LogP contribution in [0.4, 0.5) is 4.39 Å². The zero-order chi connectivity index (χ0) is 32.7. The van der Waals surface area contributed by atoms with Gasteiger partial charge >= 0.3 is 5.97 Å². The van der Waals surface area contributed by atoms with E-state index in [2.05, 4.69) is 4.98 Å². The number of amidine groups is 1. The molecule has 1 aliphatic heterocycles. The van der Waals surface area contributed by atoms with E-state index in [-0.39, 0.29) is 65.2 Å². The number of ether oxygens (including phenoxy) is 4. The lowest BCUT2D eigenvalue weighted by Gasteiger charge is -2.26. The number of aromatic nitrogens is 1. The molecule has 0 fully saturated rings. The number of aryl methyl sites for hydroxylation is 1. The molecule has 2 heterocycles. The van der Waals surface area contributed by atoms with E-state index >= 15 is 4.39 Å². The summed E-state index contributed by atoms with van der Waals surface area (Å²) < 4.78 is 38.2. The first-order chi connectivity index (χ1) is 21.4. The maximum atomic E-state index is 15.3. The molecule has 10 nitrogen and oxygen atoms in total. The Morgan fingerprint density at radius 1 is 1.04 bits per heavy atom. The van der Waals surface area contributed by atoms with Gasteiger partial charge in [0.15, 0.2) is 34.6 Å². The van der Waals surface area contributed by atoms with Gasteiger partial charge in [0.1, 0.15) is 5.84 Å². The molecule has 0 radical (unpaired) electrons. The number of ketones is 1. The fraction of sp³-hybridized carbons (Fsp3) is 0.455. The number of rotatable bonds is 16. The van der Waals surface area contributed by atoms with Crippen molar-refractivity contribution < 1.29 is 38.0 Å². The predicted molar refractivity (Wildman–Crippen MR) is 179 cm³/mol. The first kappa shape index (κ1) is 36.8. The monoisotopic (exact) mass is 721 g/mol. The van der Waals surface area contributed by atoms with E-state index in [9.17, 15) is 9.59 Å². The lowest BCUT2D eigenvalue weighted by molar-refractivity contribution is -0.137. The van der Waals surface area contributed by atoms with Crippen LogP contribution >= 0.6 is 28.3 Å². The largest absolute Gasteiger partial charge is 0.493 e. The van der Waals surface area contributed by atoms with Gasteiger partial charge in [-0.25, -0.2) is 9.37 Å². The first-order valence-corrected chi connectivity index (χ1v) is 15.7. The molecule has 1 aliphatic rings. The summed E-state index contributed by atoms with van der Waals surface area (Å²) in [5.74, 6) is -0.841. The zero-order valence-corrected chi connectivity index (χ0v) is 29.3. The van der Waals surface area contributed by atoms with Gasteiger partial charge < -0.3 is 29.0 Å². The van der Waals surface area contributed by atoms with E-state index in [4.69, 9.17) is 29.5 Å². The van der Waals surface area contributed by atoms with Crippen molar-refractivity contribution in [3.05, 3.63) is 62.9 Å². The van der Waals surface area contributed by atoms with Crippen molar-refractivity contribution in [2.24, 2.45) is 0 Å². The summed E-state index contributed by atoms with van der Waals surface area (Å²) in [5.41, 5.74) is 1.34. The fourth-order valence-electron chi connectivity index (χ4n) is 5.13. The van der Waals surface area contributed by atoms with E-state index in [0.717, 1.165) is 17.0 Å². The van der Waals surface area contributed by atoms with Crippen molar-refractivity contribution >= 4 is 45.9 Å². The van der Waals surface area contributed by atoms with Crippen molar-refractivity contribution in [3.8, 4) is 23.0 Å². The number of halogens is 2. The summed E-state index contributed by atoms with van der Waals surface area (Å²) in [6, 6.07) is 5.08. The number of benzene rings is 2. The van der Waals surface area contributed by atoms with Gasteiger partial charge in [-0.3, -0.25) is 15.0 Å². The highest BCUT2D eigenvalue weighted by molar-refractivity contribution is 8.93. The quantitative estimate of drug-likeness (QED) is 0.121. The van der Waals surface area contributed by atoms with Crippen molar-refractivity contribution in [1.29, 1.82) is 5.41 Å². The highest BCUT2D eigenvalue weighted by atomic mass is 79.9. The molecule has 250 valence electrons. The van der Waals surface area contributed by atoms with E-state index in [1.807, 2.05) is 26.2 Å². The molecule has 4 rings (SSSR count). The molecule has 3 aromatic rings. The maximum absolute atomic E-state index is 15.3. The number of carboxylic acid groups (broad SMARTS) is 1. The summed E-state index contributed by atoms with van der Waals surface area (Å²) in [7, 11) is 2.75. The Morgan fingerprint density at radius 2 is 1.78 bits per heavy atom. The SMILES string of the molecule is Br.COc1cc2c(c(F)c1OC)C(=N)N(CC(=O)c1cc(OCCCc3nccs3)c(OCCCCC(=O)O)c(C(C)(C)C)c1)C2. The van der Waals surface area contributed by atoms with Gasteiger partial charge in [0, 0.05) is 42.1 Å². The summed E-state index contributed by atoms with van der Waals surface area (Å²) in [5, 5.41) is 20.6. The molecule has 2 aromatic carbocycles. The van der Waals surface area contributed by atoms with Gasteiger partial charge in [-0.1, -0.05) is 20.8 Å². The van der Waals surface area contributed by atoms with Crippen LogP contribution in [0.15, 0.2) is 29.8 Å². The molecular formula is C33H41BrFN3O7S. The van der Waals surface area contributed by atoms with Crippen molar-refractivity contribution in [1.82, 2.24) is 9.88 Å². The molecule has 13 heteroatoms. The third-order valence-corrected chi connectivity index (χ3v) is 8.27. The molecule has 0 bridgehead atoms. The number of nitrogens with one attached hydrogen (secondary N) is 1. The molecular weight excluding hydrogens is 681 g/mol. The molecule has 0 spiro atoms. The number of carbonyl (C=O) groups excluding carboxylic acids is 1. The van der Waals surface area contributed by atoms with Crippen molar-refractivity contribution in [3.63, 3.8) is 0 Å². The summed E-state index contributed by atoms with van der Waals surface area (Å²) in [6.07, 6.45) is 4.30. The van der Waals surface area contributed by atoms with Gasteiger partial charge in [-0.15, -0.1) is 28.3 Å². The highest BCUT2D eigenvalue weighted by Crippen LogP contribution is 2.41. The van der Waals surface area contributed by atoms with Crippen LogP contribution in [0.25, 0.3) is 0 Å². The number of carboxylic acids is 1. The number of methoxy groups -OCH3 is 2. The number of aliphatic carboxylic acids is 1. The Hall–Kier alpha value is -3.71. The second-order valence-electron chi connectivity index (χ2n) is 11.8. The summed E-state index contributed by atoms with van der Waals surface area (Å²) in [6.45, 7) is 6.70. The van der Waals surface area contributed by atoms with E-state index in [1.165, 1.54) is 19.1 Å². The van der Waals surface area contributed by atoms with Crippen LogP contribution < -0.4 is 18.9 Å². The van der Waals surface area contributed by atoms with Gasteiger partial charge in [-0.2, -0.15) is 0 Å². The first-order valence-electron chi connectivity index (χ1n) is 14.8. The summed E-state index contributed by atoms with van der Waals surface area (Å²) in [4.78, 5) is 30.6. The third kappa shape index (κ3) is 8.75. The van der Waals surface area contributed by atoms with Crippen LogP contribution in [0.3, 0.4) is 0 Å². The standard InChI is InChI=1S/C33H40FN3O7S.BrH/c1-33(2,3)22-15-20(23(38)19-37-18-21-17-24(41-4)31(42-5)29(34)28(21)32(37)35)16-25(30(22)44-12-7-6-10-27(39)40)43-13-8-9-26-36-11-14-45-26;/h11,14-17,35H,6-10,12-13,18-19H2,1-5H3,(H,39,40);1H. The number of carbonyl (C=O) groups is 2. The fourth-order valence-corrected chi connectivity index (χ4v) is 5.80. The normalized spacial score (nSPS) is 12.4. The number of thiazole rings is 1.